The number of benzene rings is 1. The quantitative estimate of drug-likeness (QED) is 0.791. The SMILES string of the molecule is c1ccc2c(c1)C[C@@]1(C3CCCCC3)CCCN[C@@H]21. The van der Waals surface area contributed by atoms with Crippen LogP contribution < -0.4 is 5.32 Å². The van der Waals surface area contributed by atoms with Gasteiger partial charge in [-0.25, -0.2) is 0 Å². The zero-order valence-corrected chi connectivity index (χ0v) is 11.8. The van der Waals surface area contributed by atoms with Crippen LogP contribution in [0.2, 0.25) is 0 Å². The van der Waals surface area contributed by atoms with Gasteiger partial charge in [-0.1, -0.05) is 43.5 Å². The van der Waals surface area contributed by atoms with Crippen molar-refractivity contribution in [3.63, 3.8) is 0 Å². The third kappa shape index (κ3) is 1.78. The summed E-state index contributed by atoms with van der Waals surface area (Å²) in [5.74, 6) is 0.964. The minimum Gasteiger partial charge on any atom is -0.309 e. The molecule has 2 fully saturated rings. The van der Waals surface area contributed by atoms with Crippen LogP contribution in [0.1, 0.15) is 62.1 Å². The monoisotopic (exact) mass is 255 g/mol. The van der Waals surface area contributed by atoms with Gasteiger partial charge < -0.3 is 5.32 Å². The van der Waals surface area contributed by atoms with Crippen LogP contribution in [-0.4, -0.2) is 6.54 Å². The van der Waals surface area contributed by atoms with Crippen LogP contribution >= 0.6 is 0 Å². The lowest BCUT2D eigenvalue weighted by Crippen LogP contribution is -2.46. The first-order chi connectivity index (χ1) is 9.40. The Bertz CT molecular complexity index is 461. The first-order valence-corrected chi connectivity index (χ1v) is 8.21. The van der Waals surface area contributed by atoms with Crippen LogP contribution in [0.5, 0.6) is 0 Å². The second kappa shape index (κ2) is 4.63. The Balaban J connectivity index is 1.73. The van der Waals surface area contributed by atoms with Gasteiger partial charge in [-0.05, 0) is 61.1 Å². The molecule has 1 nitrogen and oxygen atoms in total. The smallest absolute Gasteiger partial charge is 0.0385 e. The van der Waals surface area contributed by atoms with E-state index in [1.54, 1.807) is 11.1 Å². The molecule has 102 valence electrons. The third-order valence-corrected chi connectivity index (χ3v) is 6.05. The van der Waals surface area contributed by atoms with Gasteiger partial charge in [-0.15, -0.1) is 0 Å². The number of piperidine rings is 1. The van der Waals surface area contributed by atoms with Gasteiger partial charge in [0.05, 0.1) is 0 Å². The molecule has 0 unspecified atom stereocenters. The van der Waals surface area contributed by atoms with E-state index in [1.165, 1.54) is 57.9 Å². The molecule has 1 aromatic carbocycles. The van der Waals surface area contributed by atoms with Crippen molar-refractivity contribution in [3.05, 3.63) is 35.4 Å². The zero-order chi connectivity index (χ0) is 12.7. The molecular weight excluding hydrogens is 230 g/mol. The number of rotatable bonds is 1. The highest BCUT2D eigenvalue weighted by Crippen LogP contribution is 2.57. The Labute approximate surface area is 116 Å². The lowest BCUT2D eigenvalue weighted by molar-refractivity contribution is 0.0467. The molecule has 1 aromatic rings. The summed E-state index contributed by atoms with van der Waals surface area (Å²) < 4.78 is 0. The molecule has 0 aromatic heterocycles. The second-order valence-corrected chi connectivity index (χ2v) is 6.93. The number of hydrogen-bond donors (Lipinski definition) is 1. The third-order valence-electron chi connectivity index (χ3n) is 6.05. The predicted octanol–water partition coefficient (Wildman–Crippen LogP) is 4.23. The predicted molar refractivity (Wildman–Crippen MR) is 79.1 cm³/mol. The van der Waals surface area contributed by atoms with Crippen molar-refractivity contribution in [1.29, 1.82) is 0 Å². The van der Waals surface area contributed by atoms with Crippen LogP contribution in [-0.2, 0) is 6.42 Å². The van der Waals surface area contributed by atoms with Crippen molar-refractivity contribution in [1.82, 2.24) is 5.32 Å². The maximum Gasteiger partial charge on any atom is 0.0385 e. The van der Waals surface area contributed by atoms with Crippen molar-refractivity contribution in [2.45, 2.75) is 57.4 Å². The molecule has 1 saturated heterocycles. The Morgan fingerprint density at radius 3 is 2.74 bits per heavy atom. The minimum atomic E-state index is 0.558. The van der Waals surface area contributed by atoms with Crippen LogP contribution in [0.25, 0.3) is 0 Å². The van der Waals surface area contributed by atoms with Crippen LogP contribution in [0, 0.1) is 11.3 Å². The van der Waals surface area contributed by atoms with E-state index in [0.717, 1.165) is 5.92 Å². The van der Waals surface area contributed by atoms with Crippen LogP contribution in [0.15, 0.2) is 24.3 Å². The number of hydrogen-bond acceptors (Lipinski definition) is 1. The Kier molecular flexibility index (Phi) is 2.91. The summed E-state index contributed by atoms with van der Waals surface area (Å²) in [4.78, 5) is 0. The molecule has 0 spiro atoms. The van der Waals surface area contributed by atoms with E-state index in [2.05, 4.69) is 29.6 Å². The van der Waals surface area contributed by atoms with Crippen LogP contribution in [0.4, 0.5) is 0 Å². The van der Waals surface area contributed by atoms with Crippen molar-refractivity contribution >= 4 is 0 Å². The van der Waals surface area contributed by atoms with E-state index in [1.807, 2.05) is 0 Å². The van der Waals surface area contributed by atoms with E-state index in [0.29, 0.717) is 11.5 Å². The fraction of sp³-hybridized carbons (Fsp3) is 0.667. The molecule has 0 radical (unpaired) electrons. The first-order valence-electron chi connectivity index (χ1n) is 8.21. The summed E-state index contributed by atoms with van der Waals surface area (Å²) in [5, 5.41) is 3.88. The highest BCUT2D eigenvalue weighted by molar-refractivity contribution is 5.39. The van der Waals surface area contributed by atoms with Crippen molar-refractivity contribution < 1.29 is 0 Å². The van der Waals surface area contributed by atoms with E-state index >= 15 is 0 Å². The van der Waals surface area contributed by atoms with Crippen LogP contribution in [0.3, 0.4) is 0 Å². The molecular formula is C18H25N. The molecule has 4 rings (SSSR count). The van der Waals surface area contributed by atoms with Gasteiger partial charge in [0.25, 0.3) is 0 Å². The fourth-order valence-corrected chi connectivity index (χ4v) is 5.21. The molecule has 1 aliphatic heterocycles. The van der Waals surface area contributed by atoms with Crippen molar-refractivity contribution in [2.75, 3.05) is 6.54 Å². The Hall–Kier alpha value is -0.820. The van der Waals surface area contributed by atoms with Gasteiger partial charge in [-0.2, -0.15) is 0 Å². The first kappa shape index (κ1) is 12.0. The molecule has 3 aliphatic rings. The summed E-state index contributed by atoms with van der Waals surface area (Å²) >= 11 is 0. The van der Waals surface area contributed by atoms with Crippen molar-refractivity contribution in [3.8, 4) is 0 Å². The zero-order valence-electron chi connectivity index (χ0n) is 11.8. The maximum atomic E-state index is 3.88. The largest absolute Gasteiger partial charge is 0.309 e. The molecule has 19 heavy (non-hydrogen) atoms. The summed E-state index contributed by atoms with van der Waals surface area (Å²) in [5.41, 5.74) is 3.81. The van der Waals surface area contributed by atoms with Gasteiger partial charge in [0, 0.05) is 6.04 Å². The fourth-order valence-electron chi connectivity index (χ4n) is 5.21. The lowest BCUT2D eigenvalue weighted by Gasteiger charge is -2.47. The molecule has 1 heteroatoms. The van der Waals surface area contributed by atoms with Gasteiger partial charge in [0.2, 0.25) is 0 Å². The molecule has 0 bridgehead atoms. The molecule has 1 saturated carbocycles. The maximum absolute atomic E-state index is 3.88. The number of fused-ring (bicyclic) bond motifs is 3. The molecule has 0 amide bonds. The highest BCUT2D eigenvalue weighted by Gasteiger charge is 2.51. The van der Waals surface area contributed by atoms with E-state index < -0.39 is 0 Å². The number of nitrogens with one attached hydrogen (secondary N) is 1. The summed E-state index contributed by atoms with van der Waals surface area (Å²) in [6.45, 7) is 1.22. The highest BCUT2D eigenvalue weighted by atomic mass is 15.0. The minimum absolute atomic E-state index is 0.558. The average Bonchev–Trinajstić information content (AvgIpc) is 2.84. The molecule has 2 atom stereocenters. The molecule has 1 heterocycles. The summed E-state index contributed by atoms with van der Waals surface area (Å²) in [6.07, 6.45) is 11.5. The second-order valence-electron chi connectivity index (χ2n) is 6.93. The van der Waals surface area contributed by atoms with Gasteiger partial charge in [0.1, 0.15) is 0 Å². The standard InChI is InChI=1S/C18H25N/c1-2-8-15(9-3-1)18-11-6-12-19-17(18)16-10-5-4-7-14(16)13-18/h4-5,7,10,15,17,19H,1-3,6,8-9,11-13H2/t17-,18+/m0/s1. The molecule has 2 aliphatic carbocycles. The Morgan fingerprint density at radius 1 is 1.00 bits per heavy atom. The van der Waals surface area contributed by atoms with E-state index in [4.69, 9.17) is 0 Å². The topological polar surface area (TPSA) is 12.0 Å². The van der Waals surface area contributed by atoms with Gasteiger partial charge >= 0.3 is 0 Å². The van der Waals surface area contributed by atoms with E-state index in [-0.39, 0.29) is 0 Å². The normalized spacial score (nSPS) is 34.8. The van der Waals surface area contributed by atoms with Crippen molar-refractivity contribution in [2.24, 2.45) is 11.3 Å². The summed E-state index contributed by atoms with van der Waals surface area (Å²) in [7, 11) is 0. The van der Waals surface area contributed by atoms with Gasteiger partial charge in [-0.3, -0.25) is 0 Å². The lowest BCUT2D eigenvalue weighted by atomic mass is 9.61. The molecule has 1 N–H and O–H groups in total. The van der Waals surface area contributed by atoms with Gasteiger partial charge in [0.15, 0.2) is 0 Å². The van der Waals surface area contributed by atoms with E-state index in [9.17, 15) is 0 Å². The Morgan fingerprint density at radius 2 is 1.84 bits per heavy atom. The average molecular weight is 255 g/mol. The summed E-state index contributed by atoms with van der Waals surface area (Å²) in [6, 6.07) is 9.86.